The first-order valence-corrected chi connectivity index (χ1v) is 21.9. The predicted molar refractivity (Wildman–Crippen MR) is 165 cm³/mol. The van der Waals surface area contributed by atoms with Gasteiger partial charge < -0.3 is 5.11 Å². The van der Waals surface area contributed by atoms with E-state index in [9.17, 15) is 9.00 Å². The molecule has 0 rings (SSSR count). The zero-order valence-corrected chi connectivity index (χ0v) is 26.1. The van der Waals surface area contributed by atoms with E-state index >= 15 is 0 Å². The Hall–Kier alpha value is 3.28. The monoisotopic (exact) mass is 624 g/mol. The number of rotatable bonds is 24. The van der Waals surface area contributed by atoms with Gasteiger partial charge in [0, 0.05) is 64.3 Å². The Balaban J connectivity index is 3.23. The second-order valence-corrected chi connectivity index (χ2v) is 19.7. The first-order valence-electron chi connectivity index (χ1n) is 9.01. The predicted octanol–water partition coefficient (Wildman–Crippen LogP) is 6.27. The minimum atomic E-state index is -0.691. The molecule has 0 bridgehead atoms. The number of aliphatic hydroxyl groups is 1. The van der Waals surface area contributed by atoms with E-state index in [0.29, 0.717) is 5.75 Å². The summed E-state index contributed by atoms with van der Waals surface area (Å²) in [4.78, 5) is 11.8. The Morgan fingerprint density at radius 2 is 1.33 bits per heavy atom. The lowest BCUT2D eigenvalue weighted by atomic mass is 10.9. The van der Waals surface area contributed by atoms with Crippen molar-refractivity contribution in [2.45, 2.75) is 6.92 Å². The van der Waals surface area contributed by atoms with Crippen LogP contribution in [0.25, 0.3) is 0 Å². The molecule has 0 aliphatic carbocycles. The molecule has 14 heteroatoms. The zero-order chi connectivity index (χ0) is 22.1. The van der Waals surface area contributed by atoms with Crippen molar-refractivity contribution in [2.75, 3.05) is 76.1 Å². The fourth-order valence-corrected chi connectivity index (χ4v) is 14.2. The van der Waals surface area contributed by atoms with Gasteiger partial charge in [-0.3, -0.25) is 9.00 Å². The van der Waals surface area contributed by atoms with Crippen molar-refractivity contribution in [3.05, 3.63) is 0 Å². The van der Waals surface area contributed by atoms with Crippen molar-refractivity contribution in [1.82, 2.24) is 0 Å². The molecule has 1 atom stereocenters. The number of aliphatic hydroxyl groups excluding tert-OH is 1. The van der Waals surface area contributed by atoms with Crippen LogP contribution in [0.15, 0.2) is 0 Å². The van der Waals surface area contributed by atoms with E-state index in [-0.39, 0.29) is 11.1 Å². The van der Waals surface area contributed by atoms with Crippen LogP contribution >= 0.6 is 118 Å². The third-order valence-electron chi connectivity index (χ3n) is 2.68. The zero-order valence-electron chi connectivity index (χ0n) is 17.2. The molecular weight excluding hydrogens is 593 g/mol. The average molecular weight is 625 g/mol. The van der Waals surface area contributed by atoms with E-state index in [4.69, 9.17) is 5.11 Å². The number of carbonyl (C=O) groups excluding carboxylic acids is 1. The van der Waals surface area contributed by atoms with Crippen molar-refractivity contribution < 1.29 is 14.1 Å². The van der Waals surface area contributed by atoms with Gasteiger partial charge in [0.25, 0.3) is 0 Å². The molecule has 0 aromatic rings. The molecule has 1 unspecified atom stereocenters. The highest BCUT2D eigenvalue weighted by atomic mass is 32.3. The summed E-state index contributed by atoms with van der Waals surface area (Å²) in [6, 6.07) is 0. The summed E-state index contributed by atoms with van der Waals surface area (Å²) < 4.78 is 11.9. The highest BCUT2D eigenvalue weighted by Gasteiger charge is 2.04. The van der Waals surface area contributed by atoms with Gasteiger partial charge in [0.05, 0.1) is 16.8 Å². The largest absolute Gasteiger partial charge is 0.386 e. The third kappa shape index (κ3) is 27.5. The van der Waals surface area contributed by atoms with Crippen molar-refractivity contribution in [3.63, 3.8) is 0 Å². The number of hydrogen-bond donors (Lipinski definition) is 1. The lowest BCUT2D eigenvalue weighted by Gasteiger charge is -2.04. The molecule has 0 radical (unpaired) electrons. The van der Waals surface area contributed by atoms with Crippen LogP contribution in [-0.4, -0.2) is 90.5 Å². The molecule has 0 amide bonds. The molecule has 0 saturated heterocycles. The molecule has 0 fully saturated rings. The van der Waals surface area contributed by atoms with E-state index in [1.54, 1.807) is 35.3 Å². The van der Waals surface area contributed by atoms with Crippen molar-refractivity contribution in [3.8, 4) is 0 Å². The lowest BCUT2D eigenvalue weighted by Crippen LogP contribution is -2.02. The summed E-state index contributed by atoms with van der Waals surface area (Å²) in [6.45, 7) is 2.18. The van der Waals surface area contributed by atoms with Crippen molar-refractivity contribution in [2.24, 2.45) is 0 Å². The molecule has 1 N–H and O–H groups in total. The van der Waals surface area contributed by atoms with E-state index in [0.717, 1.165) is 58.6 Å². The van der Waals surface area contributed by atoms with Crippen LogP contribution in [0.4, 0.5) is 0 Å². The molecule has 0 aliphatic rings. The molecule has 0 aliphatic heterocycles. The van der Waals surface area contributed by atoms with E-state index < -0.39 is 10.8 Å². The van der Waals surface area contributed by atoms with Crippen LogP contribution in [0.2, 0.25) is 0 Å². The van der Waals surface area contributed by atoms with Crippen LogP contribution in [-0.2, 0) is 15.6 Å². The molecule has 3 nitrogen and oxygen atoms in total. The van der Waals surface area contributed by atoms with Crippen LogP contribution in [0.5, 0.6) is 0 Å². The summed E-state index contributed by atoms with van der Waals surface area (Å²) in [5, 5.41) is 15.8. The van der Waals surface area contributed by atoms with Gasteiger partial charge in [0.1, 0.15) is 0 Å². The first-order chi connectivity index (χ1) is 14.7. The van der Waals surface area contributed by atoms with Gasteiger partial charge in [-0.25, -0.2) is 0 Å². The summed E-state index contributed by atoms with van der Waals surface area (Å²) in [5.41, 5.74) is 0. The van der Waals surface area contributed by atoms with E-state index in [2.05, 4.69) is 6.92 Å². The standard InChI is InChI=1S/C16H32O3S11/c1-2-20-9-25-14-28-15-30(19)6-5-22-11-26-13-27-12-23-7-16(18)29-4-3-21-10-24-8-17/h17H,2-15H2,1H3. The molecule has 180 valence electrons. The summed E-state index contributed by atoms with van der Waals surface area (Å²) in [6.07, 6.45) is 0. The Morgan fingerprint density at radius 1 is 0.733 bits per heavy atom. The minimum Gasteiger partial charge on any atom is -0.386 e. The van der Waals surface area contributed by atoms with Crippen LogP contribution in [0.1, 0.15) is 6.92 Å². The smallest absolute Gasteiger partial charge is 0.198 e. The van der Waals surface area contributed by atoms with Crippen LogP contribution < -0.4 is 0 Å². The maximum absolute atomic E-state index is 11.9. The van der Waals surface area contributed by atoms with Gasteiger partial charge in [-0.1, -0.05) is 18.7 Å². The SMILES string of the molecule is CCSCSCSCS(=O)CCSCSCSCSCC(=O)SCCSCSCO. The van der Waals surface area contributed by atoms with Gasteiger partial charge in [0.2, 0.25) is 0 Å². The summed E-state index contributed by atoms with van der Waals surface area (Å²) in [7, 11) is -0.691. The van der Waals surface area contributed by atoms with Crippen molar-refractivity contribution >= 4 is 134 Å². The Bertz CT molecular complexity index is 369. The fraction of sp³-hybridized carbons (Fsp3) is 0.938. The maximum atomic E-state index is 11.9. The van der Waals surface area contributed by atoms with Crippen LogP contribution in [0, 0.1) is 0 Å². The van der Waals surface area contributed by atoms with Gasteiger partial charge in [0.15, 0.2) is 5.12 Å². The molecule has 0 spiro atoms. The molecule has 0 saturated carbocycles. The Labute approximate surface area is 228 Å². The lowest BCUT2D eigenvalue weighted by molar-refractivity contribution is -0.108. The minimum absolute atomic E-state index is 0.169. The molecule has 0 aromatic carbocycles. The highest BCUT2D eigenvalue weighted by molar-refractivity contribution is 8.27. The third-order valence-corrected chi connectivity index (χ3v) is 16.7. The van der Waals surface area contributed by atoms with E-state index in [1.807, 2.05) is 58.8 Å². The first kappa shape index (κ1) is 33.3. The van der Waals surface area contributed by atoms with E-state index in [1.165, 1.54) is 29.3 Å². The number of thioether (sulfide) groups is 10. The normalized spacial score (nSPS) is 12.3. The van der Waals surface area contributed by atoms with Crippen molar-refractivity contribution in [1.29, 1.82) is 0 Å². The topological polar surface area (TPSA) is 54.4 Å². The molecule has 0 heterocycles. The van der Waals surface area contributed by atoms with Crippen LogP contribution in [0.3, 0.4) is 0 Å². The summed E-state index contributed by atoms with van der Waals surface area (Å²) >= 11 is 17.7. The fourth-order valence-electron chi connectivity index (χ4n) is 1.41. The second-order valence-electron chi connectivity index (χ2n) is 5.00. The Morgan fingerprint density at radius 3 is 2.07 bits per heavy atom. The number of carbonyl (C=O) groups is 1. The highest BCUT2D eigenvalue weighted by Crippen LogP contribution is 2.23. The van der Waals surface area contributed by atoms with Gasteiger partial charge >= 0.3 is 0 Å². The van der Waals surface area contributed by atoms with Gasteiger partial charge in [-0.05, 0) is 5.75 Å². The quantitative estimate of drug-likeness (QED) is 0.0971. The molecule has 30 heavy (non-hydrogen) atoms. The van der Waals surface area contributed by atoms with Gasteiger partial charge in [-0.15, -0.1) is 70.6 Å². The second kappa shape index (κ2) is 28.5. The van der Waals surface area contributed by atoms with Gasteiger partial charge in [-0.2, -0.15) is 35.3 Å². The Kier molecular flexibility index (Phi) is 31.6. The maximum Gasteiger partial charge on any atom is 0.198 e. The molecular formula is C16H32O3S11. The number of hydrogen-bond acceptors (Lipinski definition) is 13. The average Bonchev–Trinajstić information content (AvgIpc) is 2.74. The molecule has 0 aromatic heterocycles. The summed E-state index contributed by atoms with van der Waals surface area (Å²) in [5.74, 6) is 5.52.